The lowest BCUT2D eigenvalue weighted by Gasteiger charge is -2.40. The highest BCUT2D eigenvalue weighted by Crippen LogP contribution is 2.40. The molecule has 2 aromatic heterocycles. The SMILES string of the molecule is CN1C=CN(C(C)(c2ccccc2)c2ccc3c4ccccc4n(-c4ccccn4)c3c2)C1. The van der Waals surface area contributed by atoms with E-state index in [9.17, 15) is 0 Å². The average molecular weight is 431 g/mol. The Morgan fingerprint density at radius 1 is 0.727 bits per heavy atom. The molecule has 0 saturated heterocycles. The fraction of sp³-hybridized carbons (Fsp3) is 0.138. The van der Waals surface area contributed by atoms with Crippen molar-refractivity contribution in [1.29, 1.82) is 0 Å². The van der Waals surface area contributed by atoms with Crippen LogP contribution in [0.3, 0.4) is 0 Å². The van der Waals surface area contributed by atoms with E-state index < -0.39 is 0 Å². The first kappa shape index (κ1) is 19.6. The van der Waals surface area contributed by atoms with Crippen molar-refractivity contribution in [3.63, 3.8) is 0 Å². The number of hydrogen-bond acceptors (Lipinski definition) is 3. The maximum Gasteiger partial charge on any atom is 0.137 e. The van der Waals surface area contributed by atoms with E-state index in [2.05, 4.69) is 120 Å². The first-order valence-corrected chi connectivity index (χ1v) is 11.3. The molecule has 162 valence electrons. The molecule has 1 aliphatic rings. The van der Waals surface area contributed by atoms with Crippen LogP contribution in [-0.4, -0.2) is 33.1 Å². The summed E-state index contributed by atoms with van der Waals surface area (Å²) in [4.78, 5) is 9.32. The smallest absolute Gasteiger partial charge is 0.137 e. The molecule has 3 heterocycles. The lowest BCUT2D eigenvalue weighted by molar-refractivity contribution is 0.176. The summed E-state index contributed by atoms with van der Waals surface area (Å²) in [6.45, 7) is 3.16. The molecule has 33 heavy (non-hydrogen) atoms. The molecule has 0 bridgehead atoms. The minimum Gasteiger partial charge on any atom is -0.362 e. The largest absolute Gasteiger partial charge is 0.362 e. The molecule has 1 aliphatic heterocycles. The van der Waals surface area contributed by atoms with Gasteiger partial charge in [-0.05, 0) is 42.3 Å². The molecule has 0 saturated carbocycles. The molecule has 0 aliphatic carbocycles. The second kappa shape index (κ2) is 7.52. The molecule has 0 amide bonds. The summed E-state index contributed by atoms with van der Waals surface area (Å²) in [5.74, 6) is 0.933. The summed E-state index contributed by atoms with van der Waals surface area (Å²) in [6, 6.07) is 32.4. The minimum absolute atomic E-state index is 0.317. The maximum atomic E-state index is 4.69. The number of nitrogens with zero attached hydrogens (tertiary/aromatic N) is 4. The van der Waals surface area contributed by atoms with E-state index in [0.717, 1.165) is 12.5 Å². The van der Waals surface area contributed by atoms with Crippen molar-refractivity contribution in [3.05, 3.63) is 121 Å². The van der Waals surface area contributed by atoms with Gasteiger partial charge in [-0.1, -0.05) is 66.7 Å². The van der Waals surface area contributed by atoms with Gasteiger partial charge in [-0.2, -0.15) is 0 Å². The molecule has 0 spiro atoms. The third-order valence-corrected chi connectivity index (χ3v) is 6.90. The zero-order valence-electron chi connectivity index (χ0n) is 18.9. The van der Waals surface area contributed by atoms with Crippen molar-refractivity contribution < 1.29 is 0 Å². The van der Waals surface area contributed by atoms with Gasteiger partial charge in [0.15, 0.2) is 0 Å². The van der Waals surface area contributed by atoms with Crippen LogP contribution in [0.1, 0.15) is 18.1 Å². The Bertz CT molecular complexity index is 1470. The summed E-state index contributed by atoms with van der Waals surface area (Å²) in [7, 11) is 2.12. The fourth-order valence-corrected chi connectivity index (χ4v) is 5.09. The lowest BCUT2D eigenvalue weighted by atomic mass is 9.83. The van der Waals surface area contributed by atoms with E-state index in [1.807, 2.05) is 18.3 Å². The van der Waals surface area contributed by atoms with E-state index >= 15 is 0 Å². The Morgan fingerprint density at radius 2 is 1.48 bits per heavy atom. The predicted octanol–water partition coefficient (Wildman–Crippen LogP) is 6.12. The van der Waals surface area contributed by atoms with Crippen molar-refractivity contribution in [3.8, 4) is 5.82 Å². The quantitative estimate of drug-likeness (QED) is 0.343. The summed E-state index contributed by atoms with van der Waals surface area (Å²) in [5, 5.41) is 2.48. The first-order valence-electron chi connectivity index (χ1n) is 11.3. The van der Waals surface area contributed by atoms with E-state index in [4.69, 9.17) is 4.98 Å². The first-order chi connectivity index (χ1) is 16.2. The van der Waals surface area contributed by atoms with E-state index in [1.165, 1.54) is 32.9 Å². The second-order valence-corrected chi connectivity index (χ2v) is 8.88. The number of aromatic nitrogens is 2. The van der Waals surface area contributed by atoms with Gasteiger partial charge in [-0.3, -0.25) is 4.57 Å². The average Bonchev–Trinajstić information content (AvgIpc) is 3.46. The molecule has 5 aromatic rings. The van der Waals surface area contributed by atoms with E-state index in [0.29, 0.717) is 0 Å². The summed E-state index contributed by atoms with van der Waals surface area (Å²) >= 11 is 0. The topological polar surface area (TPSA) is 24.3 Å². The van der Waals surface area contributed by atoms with Crippen LogP contribution >= 0.6 is 0 Å². The van der Waals surface area contributed by atoms with Gasteiger partial charge in [0.2, 0.25) is 0 Å². The van der Waals surface area contributed by atoms with Crippen molar-refractivity contribution >= 4 is 21.8 Å². The highest BCUT2D eigenvalue weighted by atomic mass is 15.4. The number of para-hydroxylation sites is 1. The molecular weight excluding hydrogens is 404 g/mol. The summed E-state index contributed by atoms with van der Waals surface area (Å²) in [6.07, 6.45) is 6.20. The van der Waals surface area contributed by atoms with Gasteiger partial charge in [0.05, 0.1) is 23.2 Å². The maximum absolute atomic E-state index is 4.69. The normalized spacial score (nSPS) is 15.5. The van der Waals surface area contributed by atoms with Crippen LogP contribution in [-0.2, 0) is 5.54 Å². The molecule has 0 fully saturated rings. The van der Waals surface area contributed by atoms with Crippen molar-refractivity contribution in [2.75, 3.05) is 13.7 Å². The number of pyridine rings is 1. The molecule has 6 rings (SSSR count). The van der Waals surface area contributed by atoms with Crippen molar-refractivity contribution in [1.82, 2.24) is 19.4 Å². The standard InChI is InChI=1S/C29H26N4/c1-29(22-10-4-3-5-11-22,32-19-18-31(2)21-32)23-15-16-25-24-12-6-7-13-26(24)33(27(25)20-23)28-14-8-9-17-30-28/h3-20H,21H2,1-2H3. The second-order valence-electron chi connectivity index (χ2n) is 8.88. The Hall–Kier alpha value is -4.05. The Kier molecular flexibility index (Phi) is 4.47. The molecule has 3 aromatic carbocycles. The molecule has 4 nitrogen and oxygen atoms in total. The highest BCUT2D eigenvalue weighted by molar-refractivity contribution is 6.09. The number of hydrogen-bond donors (Lipinski definition) is 0. The van der Waals surface area contributed by atoms with Gasteiger partial charge in [-0.15, -0.1) is 0 Å². The molecule has 4 heteroatoms. The third-order valence-electron chi connectivity index (χ3n) is 6.90. The lowest BCUT2D eigenvalue weighted by Crippen LogP contribution is -2.42. The van der Waals surface area contributed by atoms with Gasteiger partial charge >= 0.3 is 0 Å². The molecule has 0 radical (unpaired) electrons. The van der Waals surface area contributed by atoms with Crippen LogP contribution in [0, 0.1) is 0 Å². The van der Waals surface area contributed by atoms with Crippen LogP contribution in [0.2, 0.25) is 0 Å². The monoisotopic (exact) mass is 430 g/mol. The third kappa shape index (κ3) is 3.02. The van der Waals surface area contributed by atoms with Gasteiger partial charge in [0.25, 0.3) is 0 Å². The highest BCUT2D eigenvalue weighted by Gasteiger charge is 2.36. The van der Waals surface area contributed by atoms with Gasteiger partial charge in [0.1, 0.15) is 5.82 Å². The molecule has 1 unspecified atom stereocenters. The molecular formula is C29H26N4. The Balaban J connectivity index is 1.64. The minimum atomic E-state index is -0.317. The van der Waals surface area contributed by atoms with Crippen LogP contribution in [0.15, 0.2) is 110 Å². The van der Waals surface area contributed by atoms with Gasteiger partial charge < -0.3 is 9.80 Å². The van der Waals surface area contributed by atoms with Gasteiger partial charge in [-0.25, -0.2) is 4.98 Å². The van der Waals surface area contributed by atoms with Crippen LogP contribution in [0.5, 0.6) is 0 Å². The summed E-state index contributed by atoms with van der Waals surface area (Å²) in [5.41, 5.74) is 4.55. The van der Waals surface area contributed by atoms with Crippen LogP contribution in [0.4, 0.5) is 0 Å². The van der Waals surface area contributed by atoms with Gasteiger partial charge in [0, 0.05) is 36.4 Å². The predicted molar refractivity (Wildman–Crippen MR) is 135 cm³/mol. The van der Waals surface area contributed by atoms with Crippen LogP contribution in [0.25, 0.3) is 27.6 Å². The fourth-order valence-electron chi connectivity index (χ4n) is 5.09. The Labute approximate surface area is 194 Å². The van der Waals surface area contributed by atoms with E-state index in [-0.39, 0.29) is 5.54 Å². The van der Waals surface area contributed by atoms with Crippen molar-refractivity contribution in [2.45, 2.75) is 12.5 Å². The number of benzene rings is 3. The van der Waals surface area contributed by atoms with Crippen molar-refractivity contribution in [2.24, 2.45) is 0 Å². The zero-order chi connectivity index (χ0) is 22.4. The van der Waals surface area contributed by atoms with Crippen LogP contribution < -0.4 is 0 Å². The Morgan fingerprint density at radius 3 is 2.24 bits per heavy atom. The van der Waals surface area contributed by atoms with E-state index in [1.54, 1.807) is 0 Å². The number of fused-ring (bicyclic) bond motifs is 3. The summed E-state index contributed by atoms with van der Waals surface area (Å²) < 4.78 is 2.28. The molecule has 1 atom stereocenters. The zero-order valence-corrected chi connectivity index (χ0v) is 18.9. The number of rotatable bonds is 4. The molecule has 0 N–H and O–H groups in total.